The molecule has 132 valence electrons. The monoisotopic (exact) mass is 387 g/mol. The zero-order valence-corrected chi connectivity index (χ0v) is 15.6. The van der Waals surface area contributed by atoms with Gasteiger partial charge in [0.15, 0.2) is 0 Å². The third kappa shape index (κ3) is 3.39. The van der Waals surface area contributed by atoms with Crippen molar-refractivity contribution in [2.24, 2.45) is 0 Å². The van der Waals surface area contributed by atoms with E-state index in [0.29, 0.717) is 21.4 Å². The van der Waals surface area contributed by atoms with Crippen LogP contribution in [0.3, 0.4) is 0 Å². The highest BCUT2D eigenvalue weighted by atomic mass is 35.5. The molecule has 4 nitrogen and oxygen atoms in total. The predicted octanol–water partition coefficient (Wildman–Crippen LogP) is 4.87. The van der Waals surface area contributed by atoms with Crippen molar-refractivity contribution in [2.45, 2.75) is 6.92 Å². The maximum Gasteiger partial charge on any atom is 0.340 e. The lowest BCUT2D eigenvalue weighted by Crippen LogP contribution is -2.24. The van der Waals surface area contributed by atoms with Crippen LogP contribution in [0.2, 0.25) is 10.0 Å². The van der Waals surface area contributed by atoms with Crippen LogP contribution in [0.15, 0.2) is 65.4 Å². The topological polar surface area (TPSA) is 46.6 Å². The van der Waals surface area contributed by atoms with Gasteiger partial charge in [-0.25, -0.2) is 4.79 Å². The van der Waals surface area contributed by atoms with Gasteiger partial charge < -0.3 is 4.74 Å². The van der Waals surface area contributed by atoms with Crippen LogP contribution in [0.25, 0.3) is 6.08 Å². The standard InChI is InChI=1S/C20H15Cl2NO3/c1-12-18(20(25)26-2)17(8-13-6-4-3-5-7-13)19(24)23(12)16-10-14(21)9-15(22)11-16/h3-11H,1-2H3/b17-8-. The van der Waals surface area contributed by atoms with E-state index in [1.165, 1.54) is 12.0 Å². The molecule has 2 aromatic rings. The van der Waals surface area contributed by atoms with Gasteiger partial charge in [0.25, 0.3) is 5.91 Å². The molecule has 0 bridgehead atoms. The quantitative estimate of drug-likeness (QED) is 0.557. The Bertz CT molecular complexity index is 929. The Labute approximate surface area is 161 Å². The van der Waals surface area contributed by atoms with Crippen LogP contribution >= 0.6 is 23.2 Å². The van der Waals surface area contributed by atoms with Crippen molar-refractivity contribution in [2.75, 3.05) is 12.0 Å². The SMILES string of the molecule is COC(=O)C1=C(C)N(c2cc(Cl)cc(Cl)c2)C(=O)/C1=C\c1ccccc1. The van der Waals surface area contributed by atoms with E-state index < -0.39 is 5.97 Å². The summed E-state index contributed by atoms with van der Waals surface area (Å²) < 4.78 is 4.88. The number of rotatable bonds is 3. The number of methoxy groups -OCH3 is 1. The number of esters is 1. The summed E-state index contributed by atoms with van der Waals surface area (Å²) in [6.07, 6.45) is 1.67. The van der Waals surface area contributed by atoms with Gasteiger partial charge >= 0.3 is 5.97 Å². The molecular formula is C20H15Cl2NO3. The molecule has 0 saturated heterocycles. The summed E-state index contributed by atoms with van der Waals surface area (Å²) >= 11 is 12.1. The first-order valence-corrected chi connectivity index (χ1v) is 8.55. The minimum absolute atomic E-state index is 0.220. The van der Waals surface area contributed by atoms with E-state index in [0.717, 1.165) is 5.56 Å². The van der Waals surface area contributed by atoms with E-state index in [-0.39, 0.29) is 17.1 Å². The van der Waals surface area contributed by atoms with E-state index >= 15 is 0 Å². The van der Waals surface area contributed by atoms with E-state index in [2.05, 4.69) is 0 Å². The van der Waals surface area contributed by atoms with Crippen LogP contribution < -0.4 is 4.90 Å². The molecule has 0 aliphatic carbocycles. The van der Waals surface area contributed by atoms with Gasteiger partial charge in [0.2, 0.25) is 0 Å². The number of anilines is 1. The number of hydrogen-bond donors (Lipinski definition) is 0. The third-order valence-corrected chi connectivity index (χ3v) is 4.44. The Kier molecular flexibility index (Phi) is 5.16. The second-order valence-electron chi connectivity index (χ2n) is 5.69. The smallest absolute Gasteiger partial charge is 0.340 e. The lowest BCUT2D eigenvalue weighted by atomic mass is 10.0. The molecule has 0 atom stereocenters. The van der Waals surface area contributed by atoms with Crippen molar-refractivity contribution in [3.8, 4) is 0 Å². The van der Waals surface area contributed by atoms with Crippen molar-refractivity contribution in [1.82, 2.24) is 0 Å². The molecule has 0 radical (unpaired) electrons. The van der Waals surface area contributed by atoms with E-state index in [4.69, 9.17) is 27.9 Å². The van der Waals surface area contributed by atoms with Gasteiger partial charge in [-0.3, -0.25) is 9.69 Å². The second kappa shape index (κ2) is 7.36. The first-order valence-electron chi connectivity index (χ1n) is 7.79. The number of carbonyl (C=O) groups excluding carboxylic acids is 2. The maximum atomic E-state index is 13.1. The Balaban J connectivity index is 2.17. The zero-order valence-electron chi connectivity index (χ0n) is 14.1. The number of benzene rings is 2. The number of amides is 1. The minimum atomic E-state index is -0.575. The van der Waals surface area contributed by atoms with Crippen LogP contribution in [0.1, 0.15) is 12.5 Å². The van der Waals surface area contributed by atoms with Gasteiger partial charge in [0.1, 0.15) is 0 Å². The van der Waals surface area contributed by atoms with Gasteiger partial charge in [-0.1, -0.05) is 53.5 Å². The number of halogens is 2. The molecule has 1 amide bonds. The molecule has 0 fully saturated rings. The minimum Gasteiger partial charge on any atom is -0.465 e. The van der Waals surface area contributed by atoms with E-state index in [1.807, 2.05) is 30.3 Å². The highest BCUT2D eigenvalue weighted by Crippen LogP contribution is 2.37. The summed E-state index contributed by atoms with van der Waals surface area (Å²) in [6, 6.07) is 14.1. The number of nitrogens with zero attached hydrogens (tertiary/aromatic N) is 1. The second-order valence-corrected chi connectivity index (χ2v) is 6.56. The third-order valence-electron chi connectivity index (χ3n) is 4.01. The molecule has 0 N–H and O–H groups in total. The number of hydrogen-bond acceptors (Lipinski definition) is 3. The molecule has 1 aliphatic rings. The Hall–Kier alpha value is -2.56. The molecule has 2 aromatic carbocycles. The fourth-order valence-electron chi connectivity index (χ4n) is 2.88. The molecule has 26 heavy (non-hydrogen) atoms. The van der Waals surface area contributed by atoms with Crippen molar-refractivity contribution >= 4 is 46.8 Å². The molecule has 0 saturated carbocycles. The molecule has 1 heterocycles. The zero-order chi connectivity index (χ0) is 18.8. The van der Waals surface area contributed by atoms with Crippen molar-refractivity contribution < 1.29 is 14.3 Å². The summed E-state index contributed by atoms with van der Waals surface area (Å²) in [5, 5.41) is 0.793. The summed E-state index contributed by atoms with van der Waals surface area (Å²) in [4.78, 5) is 26.8. The summed E-state index contributed by atoms with van der Waals surface area (Å²) in [5.74, 6) is -0.918. The van der Waals surface area contributed by atoms with Crippen molar-refractivity contribution in [1.29, 1.82) is 0 Å². The fourth-order valence-corrected chi connectivity index (χ4v) is 3.39. The fraction of sp³-hybridized carbons (Fsp3) is 0.100. The highest BCUT2D eigenvalue weighted by molar-refractivity contribution is 6.35. The van der Waals surface area contributed by atoms with Crippen molar-refractivity contribution in [3.63, 3.8) is 0 Å². The van der Waals surface area contributed by atoms with E-state index in [9.17, 15) is 9.59 Å². The van der Waals surface area contributed by atoms with Crippen LogP contribution in [0.5, 0.6) is 0 Å². The van der Waals surface area contributed by atoms with Gasteiger partial charge in [0.05, 0.1) is 23.9 Å². The van der Waals surface area contributed by atoms with Gasteiger partial charge in [-0.2, -0.15) is 0 Å². The molecule has 0 unspecified atom stereocenters. The average Bonchev–Trinajstić information content (AvgIpc) is 2.84. The Morgan fingerprint density at radius 2 is 1.69 bits per heavy atom. The number of allylic oxidation sites excluding steroid dienone is 1. The summed E-state index contributed by atoms with van der Waals surface area (Å²) in [5.41, 5.74) is 2.23. The van der Waals surface area contributed by atoms with Crippen LogP contribution in [0, 0.1) is 0 Å². The summed E-state index contributed by atoms with van der Waals surface area (Å²) in [6.45, 7) is 1.69. The molecule has 0 spiro atoms. The van der Waals surface area contributed by atoms with Gasteiger partial charge in [-0.15, -0.1) is 0 Å². The normalized spacial score (nSPS) is 15.8. The maximum absolute atomic E-state index is 13.1. The van der Waals surface area contributed by atoms with Crippen LogP contribution in [0.4, 0.5) is 5.69 Å². The predicted molar refractivity (Wildman–Crippen MR) is 103 cm³/mol. The van der Waals surface area contributed by atoms with Gasteiger partial charge in [0, 0.05) is 15.7 Å². The first-order chi connectivity index (χ1) is 12.4. The summed E-state index contributed by atoms with van der Waals surface area (Å²) in [7, 11) is 1.28. The molecule has 0 aromatic heterocycles. The first kappa shape index (κ1) is 18.2. The van der Waals surface area contributed by atoms with Crippen LogP contribution in [-0.4, -0.2) is 19.0 Å². The Morgan fingerprint density at radius 1 is 1.08 bits per heavy atom. The van der Waals surface area contributed by atoms with Crippen molar-refractivity contribution in [3.05, 3.63) is 81.0 Å². The molecule has 1 aliphatic heterocycles. The van der Waals surface area contributed by atoms with E-state index in [1.54, 1.807) is 31.2 Å². The molecular weight excluding hydrogens is 373 g/mol. The van der Waals surface area contributed by atoms with Gasteiger partial charge in [-0.05, 0) is 36.8 Å². The lowest BCUT2D eigenvalue weighted by Gasteiger charge is -2.18. The average molecular weight is 388 g/mol. The molecule has 6 heteroatoms. The molecule has 3 rings (SSSR count). The highest BCUT2D eigenvalue weighted by Gasteiger charge is 2.38. The Morgan fingerprint density at radius 3 is 2.27 bits per heavy atom. The largest absolute Gasteiger partial charge is 0.465 e. The van der Waals surface area contributed by atoms with Crippen LogP contribution in [-0.2, 0) is 14.3 Å². The number of carbonyl (C=O) groups is 2. The lowest BCUT2D eigenvalue weighted by molar-refractivity contribution is -0.136. The number of ether oxygens (including phenoxy) is 1.